The second-order valence-corrected chi connectivity index (χ2v) is 14.7. The molecule has 2 aromatic carbocycles. The molecule has 1 saturated heterocycles. The number of nitrogens with one attached hydrogen (secondary N) is 1. The molecule has 1 amide bonds. The Balaban J connectivity index is 1.57. The van der Waals surface area contributed by atoms with E-state index >= 15 is 4.39 Å². The van der Waals surface area contributed by atoms with Crippen molar-refractivity contribution in [1.29, 1.82) is 0 Å². The molecule has 13 heteroatoms. The molecule has 0 spiro atoms. The number of ether oxygens (including phenoxy) is 1. The lowest BCUT2D eigenvalue weighted by Gasteiger charge is -2.34. The number of halogens is 6. The van der Waals surface area contributed by atoms with E-state index in [1.165, 1.54) is 18.2 Å². The molecule has 7 nitrogen and oxygen atoms in total. The first-order chi connectivity index (χ1) is 26.6. The number of rotatable bonds is 19. The fourth-order valence-electron chi connectivity index (χ4n) is 7.45. The quantitative estimate of drug-likeness (QED) is 0.0568. The van der Waals surface area contributed by atoms with E-state index in [9.17, 15) is 36.3 Å². The van der Waals surface area contributed by atoms with Crippen molar-refractivity contribution in [3.63, 3.8) is 0 Å². The first-order valence-electron chi connectivity index (χ1n) is 19.1. The molecule has 0 bridgehead atoms. The lowest BCUT2D eigenvalue weighted by molar-refractivity contribution is -0.144. The molecular formula is C43H49F6N3O4. The molecule has 2 atom stereocenters. The van der Waals surface area contributed by atoms with Gasteiger partial charge in [-0.1, -0.05) is 12.2 Å². The Morgan fingerprint density at radius 3 is 2.38 bits per heavy atom. The monoisotopic (exact) mass is 785 g/mol. The summed E-state index contributed by atoms with van der Waals surface area (Å²) in [5.74, 6) is -2.77. The summed E-state index contributed by atoms with van der Waals surface area (Å²) in [6.07, 6.45) is 1.69. The summed E-state index contributed by atoms with van der Waals surface area (Å²) in [5.41, 5.74) is 0.478. The van der Waals surface area contributed by atoms with Gasteiger partial charge in [0.15, 0.2) is 0 Å². The van der Waals surface area contributed by atoms with Crippen molar-refractivity contribution >= 4 is 11.9 Å². The van der Waals surface area contributed by atoms with Crippen molar-refractivity contribution in [1.82, 2.24) is 14.8 Å². The van der Waals surface area contributed by atoms with Gasteiger partial charge in [-0.15, -0.1) is 13.2 Å². The first-order valence-corrected chi connectivity index (χ1v) is 19.1. The zero-order chi connectivity index (χ0) is 40.7. The van der Waals surface area contributed by atoms with Gasteiger partial charge in [0, 0.05) is 37.5 Å². The van der Waals surface area contributed by atoms with Crippen molar-refractivity contribution in [3.8, 4) is 11.1 Å². The smallest absolute Gasteiger partial charge is 0.416 e. The number of hydrogen-bond acceptors (Lipinski definition) is 5. The number of alkyl halides is 4. The average Bonchev–Trinajstić information content (AvgIpc) is 3.96. The summed E-state index contributed by atoms with van der Waals surface area (Å²) in [4.78, 5) is 42.3. The highest BCUT2D eigenvalue weighted by atomic mass is 19.4. The Morgan fingerprint density at radius 2 is 1.75 bits per heavy atom. The maximum Gasteiger partial charge on any atom is 0.416 e. The molecule has 56 heavy (non-hydrogen) atoms. The van der Waals surface area contributed by atoms with Crippen LogP contribution in [0.5, 0.6) is 0 Å². The van der Waals surface area contributed by atoms with Crippen LogP contribution in [-0.4, -0.2) is 53.8 Å². The van der Waals surface area contributed by atoms with Crippen LogP contribution in [0.1, 0.15) is 103 Å². The third-order valence-corrected chi connectivity index (χ3v) is 10.4. The minimum atomic E-state index is -4.87. The van der Waals surface area contributed by atoms with Gasteiger partial charge in [-0.2, -0.15) is 13.2 Å². The molecule has 1 N–H and O–H groups in total. The Bertz CT molecular complexity index is 1980. The van der Waals surface area contributed by atoms with E-state index in [1.807, 2.05) is 6.08 Å². The van der Waals surface area contributed by atoms with Gasteiger partial charge in [0.2, 0.25) is 5.91 Å². The van der Waals surface area contributed by atoms with Gasteiger partial charge >= 0.3 is 12.1 Å². The summed E-state index contributed by atoms with van der Waals surface area (Å²) in [6.45, 7) is 11.1. The summed E-state index contributed by atoms with van der Waals surface area (Å²) in [6, 6.07) is 3.83. The fraction of sp³-hybridized carbons (Fsp3) is 0.465. The number of pyridine rings is 1. The van der Waals surface area contributed by atoms with Crippen LogP contribution >= 0.6 is 0 Å². The maximum absolute atomic E-state index is 16.7. The van der Waals surface area contributed by atoms with Crippen LogP contribution < -0.4 is 10.9 Å². The third-order valence-electron chi connectivity index (χ3n) is 10.4. The summed E-state index contributed by atoms with van der Waals surface area (Å²) < 4.78 is 93.4. The van der Waals surface area contributed by atoms with Crippen LogP contribution in [0.15, 0.2) is 66.6 Å². The lowest BCUT2D eigenvalue weighted by Crippen LogP contribution is -2.49. The Morgan fingerprint density at radius 1 is 1.02 bits per heavy atom. The average molecular weight is 786 g/mol. The largest absolute Gasteiger partial charge is 0.466 e. The third kappa shape index (κ3) is 10.4. The molecular weight excluding hydrogens is 736 g/mol. The van der Waals surface area contributed by atoms with Gasteiger partial charge in [-0.05, 0) is 129 Å². The second-order valence-electron chi connectivity index (χ2n) is 14.7. The number of carbonyl (C=O) groups excluding carboxylic acids is 2. The number of aromatic nitrogens is 1. The number of aryl methyl sites for hydroxylation is 2. The molecule has 0 unspecified atom stereocenters. The van der Waals surface area contributed by atoms with Gasteiger partial charge in [-0.3, -0.25) is 19.3 Å². The van der Waals surface area contributed by atoms with Crippen LogP contribution in [0.2, 0.25) is 0 Å². The Labute approximate surface area is 323 Å². The van der Waals surface area contributed by atoms with Crippen molar-refractivity contribution < 1.29 is 40.7 Å². The molecule has 0 radical (unpaired) electrons. The number of likely N-dealkylation sites (tertiary alicyclic amines) is 1. The topological polar surface area (TPSA) is 80.6 Å². The summed E-state index contributed by atoms with van der Waals surface area (Å²) in [7, 11) is 0. The van der Waals surface area contributed by atoms with Crippen molar-refractivity contribution in [2.45, 2.75) is 102 Å². The number of amides is 1. The zero-order valence-corrected chi connectivity index (χ0v) is 31.8. The van der Waals surface area contributed by atoms with Gasteiger partial charge < -0.3 is 14.6 Å². The van der Waals surface area contributed by atoms with Crippen LogP contribution in [-0.2, 0) is 33.3 Å². The molecule has 1 aromatic heterocycles. The van der Waals surface area contributed by atoms with E-state index in [0.717, 1.165) is 48.4 Å². The predicted molar refractivity (Wildman–Crippen MR) is 203 cm³/mol. The number of hydrogen-bond donors (Lipinski definition) is 1. The molecule has 302 valence electrons. The minimum Gasteiger partial charge on any atom is -0.466 e. The molecule has 3 aromatic rings. The fourth-order valence-corrected chi connectivity index (χ4v) is 7.45. The highest BCUT2D eigenvalue weighted by molar-refractivity contribution is 5.82. The van der Waals surface area contributed by atoms with Gasteiger partial charge in [0.1, 0.15) is 23.8 Å². The van der Waals surface area contributed by atoms with Gasteiger partial charge in [-0.25, -0.2) is 13.2 Å². The van der Waals surface area contributed by atoms with Crippen LogP contribution in [0.4, 0.5) is 26.3 Å². The van der Waals surface area contributed by atoms with Crippen LogP contribution in [0.3, 0.4) is 0 Å². The number of nitrogens with zero attached hydrogens (tertiary/aromatic N) is 2. The Kier molecular flexibility index (Phi) is 14.1. The highest BCUT2D eigenvalue weighted by Gasteiger charge is 2.37. The summed E-state index contributed by atoms with van der Waals surface area (Å²) >= 11 is 0. The minimum absolute atomic E-state index is 0.00552. The van der Waals surface area contributed by atoms with E-state index in [2.05, 4.69) is 18.5 Å². The molecule has 5 rings (SSSR count). The van der Waals surface area contributed by atoms with Crippen molar-refractivity contribution in [2.24, 2.45) is 0 Å². The maximum atomic E-state index is 16.7. The zero-order valence-electron chi connectivity index (χ0n) is 31.8. The predicted octanol–water partition coefficient (Wildman–Crippen LogP) is 9.02. The second kappa shape index (κ2) is 18.5. The van der Waals surface area contributed by atoms with Crippen LogP contribution in [0.25, 0.3) is 11.1 Å². The number of allylic oxidation sites excluding steroid dienone is 2. The first kappa shape index (κ1) is 42.5. The highest BCUT2D eigenvalue weighted by Crippen LogP contribution is 2.45. The normalized spacial score (nSPS) is 15.9. The molecule has 2 aliphatic rings. The number of benzene rings is 2. The van der Waals surface area contributed by atoms with Crippen molar-refractivity contribution in [2.75, 3.05) is 26.2 Å². The molecule has 1 aliphatic heterocycles. The van der Waals surface area contributed by atoms with E-state index in [1.54, 1.807) is 30.9 Å². The van der Waals surface area contributed by atoms with E-state index in [0.29, 0.717) is 34.7 Å². The number of unbranched alkanes of at least 4 members (excludes halogenated alkanes) is 2. The number of esters is 1. The van der Waals surface area contributed by atoms with Crippen LogP contribution in [0, 0.1) is 18.6 Å². The Hall–Kier alpha value is -4.65. The molecule has 2 heterocycles. The SMILES string of the molecule is C=CCCCCc1cc(F)cc(C)c1-c1cc(C2CC2)c(F)c([C@H](CC(=O)OCC)NC(=O)[C@H](CC=C)n2cc(CCN3CC(F)C3)c(C(F)(F)F)cc2=O)c1. The molecule has 1 saturated carbocycles. The van der Waals surface area contributed by atoms with Crippen molar-refractivity contribution in [3.05, 3.63) is 117 Å². The molecule has 1 aliphatic carbocycles. The van der Waals surface area contributed by atoms with E-state index in [-0.39, 0.29) is 56.1 Å². The molecule has 2 fully saturated rings. The van der Waals surface area contributed by atoms with E-state index < -0.39 is 65.5 Å². The van der Waals surface area contributed by atoms with Gasteiger partial charge in [0.05, 0.1) is 24.6 Å². The van der Waals surface area contributed by atoms with Gasteiger partial charge in [0.25, 0.3) is 5.56 Å². The number of carbonyl (C=O) groups is 2. The standard InChI is InChI=1S/C43H49F6N3O4/c1-5-8-9-10-12-28-18-31(44)17-26(4)40(28)30-19-33(27-13-14-27)41(46)34(20-30)36(22-39(54)56-7-3)50-42(55)37(11-6-2)52-23-29(15-16-51-24-32(45)25-51)35(21-38(52)53)43(47,48)49/h5-6,17-21,23,27,32,36-37H,1-2,7-16,22,24-25H2,3-4H3,(H,50,55)/t36-,37-/m0/s1. The lowest BCUT2D eigenvalue weighted by atomic mass is 9.87. The van der Waals surface area contributed by atoms with E-state index in [4.69, 9.17) is 4.74 Å². The summed E-state index contributed by atoms with van der Waals surface area (Å²) in [5, 5.41) is 2.73.